The van der Waals surface area contributed by atoms with Gasteiger partial charge in [0.05, 0.1) is 18.2 Å². The van der Waals surface area contributed by atoms with Gasteiger partial charge in [0, 0.05) is 23.9 Å². The Hall–Kier alpha value is -1.93. The van der Waals surface area contributed by atoms with Crippen molar-refractivity contribution in [3.8, 4) is 0 Å². The highest BCUT2D eigenvalue weighted by atomic mass is 32.2. The van der Waals surface area contributed by atoms with Crippen molar-refractivity contribution in [2.75, 3.05) is 17.7 Å². The molecule has 0 aliphatic carbocycles. The Labute approximate surface area is 144 Å². The van der Waals surface area contributed by atoms with E-state index < -0.39 is 21.7 Å². The van der Waals surface area contributed by atoms with E-state index >= 15 is 0 Å². The third-order valence-corrected chi connectivity index (χ3v) is 5.85. The molecule has 0 radical (unpaired) electrons. The quantitative estimate of drug-likeness (QED) is 0.873. The standard InChI is InChI=1S/C16H18N2O4S2/c1-24(21,22)10-15-17-11(9-23-15)8-18-7-6-13(16(19)20)12-4-2-3-5-14(12)18/h2-5,9,13H,6-8,10H2,1H3,(H,19,20). The number of fused-ring (bicyclic) bond motifs is 1. The largest absolute Gasteiger partial charge is 0.481 e. The number of anilines is 1. The fourth-order valence-electron chi connectivity index (χ4n) is 2.96. The number of benzene rings is 1. The Morgan fingerprint density at radius 2 is 2.17 bits per heavy atom. The van der Waals surface area contributed by atoms with E-state index in [0.717, 1.165) is 16.9 Å². The van der Waals surface area contributed by atoms with Gasteiger partial charge in [0.25, 0.3) is 0 Å². The van der Waals surface area contributed by atoms with E-state index in [1.807, 2.05) is 29.6 Å². The van der Waals surface area contributed by atoms with Gasteiger partial charge in [-0.2, -0.15) is 0 Å². The smallest absolute Gasteiger partial charge is 0.311 e. The highest BCUT2D eigenvalue weighted by molar-refractivity contribution is 7.90. The SMILES string of the molecule is CS(=O)(=O)Cc1nc(CN2CCC(C(=O)O)c3ccccc32)cs1. The molecule has 8 heteroatoms. The molecule has 1 aliphatic heterocycles. The van der Waals surface area contributed by atoms with Gasteiger partial charge in [-0.1, -0.05) is 18.2 Å². The van der Waals surface area contributed by atoms with Crippen molar-refractivity contribution >= 4 is 32.8 Å². The van der Waals surface area contributed by atoms with Gasteiger partial charge in [-0.3, -0.25) is 4.79 Å². The highest BCUT2D eigenvalue weighted by Crippen LogP contribution is 2.36. The maximum Gasteiger partial charge on any atom is 0.311 e. The number of sulfone groups is 1. The van der Waals surface area contributed by atoms with E-state index in [0.29, 0.717) is 24.5 Å². The van der Waals surface area contributed by atoms with Crippen LogP contribution in [0.15, 0.2) is 29.6 Å². The number of carboxylic acid groups (broad SMARTS) is 1. The molecule has 3 rings (SSSR count). The summed E-state index contributed by atoms with van der Waals surface area (Å²) in [5.41, 5.74) is 2.54. The van der Waals surface area contributed by atoms with Gasteiger partial charge < -0.3 is 10.0 Å². The molecule has 0 spiro atoms. The van der Waals surface area contributed by atoms with Crippen molar-refractivity contribution in [2.45, 2.75) is 24.6 Å². The highest BCUT2D eigenvalue weighted by Gasteiger charge is 2.29. The molecule has 0 bridgehead atoms. The van der Waals surface area contributed by atoms with Crippen molar-refractivity contribution in [1.82, 2.24) is 4.98 Å². The lowest BCUT2D eigenvalue weighted by Crippen LogP contribution is -2.33. The molecule has 1 aliphatic rings. The molecule has 0 saturated heterocycles. The van der Waals surface area contributed by atoms with Crippen molar-refractivity contribution in [3.63, 3.8) is 0 Å². The first-order valence-corrected chi connectivity index (χ1v) is 10.4. The monoisotopic (exact) mass is 366 g/mol. The summed E-state index contributed by atoms with van der Waals surface area (Å²) in [6.45, 7) is 1.18. The van der Waals surface area contributed by atoms with Crippen LogP contribution in [0, 0.1) is 0 Å². The number of aliphatic carboxylic acids is 1. The second-order valence-corrected chi connectivity index (χ2v) is 9.05. The minimum atomic E-state index is -3.09. The zero-order valence-electron chi connectivity index (χ0n) is 13.2. The van der Waals surface area contributed by atoms with E-state index in [4.69, 9.17) is 0 Å². The van der Waals surface area contributed by atoms with Crippen LogP contribution < -0.4 is 4.90 Å². The van der Waals surface area contributed by atoms with Crippen molar-refractivity contribution in [3.05, 3.63) is 45.9 Å². The average Bonchev–Trinajstić information content (AvgIpc) is 2.92. The Bertz CT molecular complexity index is 860. The normalized spacial score (nSPS) is 17.5. The lowest BCUT2D eigenvalue weighted by Gasteiger charge is -2.33. The van der Waals surface area contributed by atoms with Crippen LogP contribution in [0.3, 0.4) is 0 Å². The number of carbonyl (C=O) groups is 1. The molecule has 1 atom stereocenters. The van der Waals surface area contributed by atoms with Gasteiger partial charge in [0.2, 0.25) is 0 Å². The molecule has 1 unspecified atom stereocenters. The van der Waals surface area contributed by atoms with Crippen LogP contribution >= 0.6 is 11.3 Å². The minimum absolute atomic E-state index is 0.0463. The molecule has 2 aromatic rings. The number of nitrogens with zero attached hydrogens (tertiary/aromatic N) is 2. The van der Waals surface area contributed by atoms with Crippen LogP contribution in [-0.2, 0) is 26.9 Å². The van der Waals surface area contributed by atoms with E-state index in [2.05, 4.69) is 9.88 Å². The Kier molecular flexibility index (Phi) is 4.60. The minimum Gasteiger partial charge on any atom is -0.481 e. The van der Waals surface area contributed by atoms with Crippen molar-refractivity contribution < 1.29 is 18.3 Å². The molecule has 0 fully saturated rings. The summed E-state index contributed by atoms with van der Waals surface area (Å²) < 4.78 is 22.7. The Morgan fingerprint density at radius 3 is 2.88 bits per heavy atom. The van der Waals surface area contributed by atoms with Gasteiger partial charge >= 0.3 is 5.97 Å². The molecule has 1 N–H and O–H groups in total. The lowest BCUT2D eigenvalue weighted by molar-refractivity contribution is -0.139. The second kappa shape index (κ2) is 6.52. The summed E-state index contributed by atoms with van der Waals surface area (Å²) in [6, 6.07) is 7.53. The molecular weight excluding hydrogens is 348 g/mol. The summed E-state index contributed by atoms with van der Waals surface area (Å²) in [6.07, 6.45) is 1.74. The topological polar surface area (TPSA) is 87.6 Å². The number of hydrogen-bond donors (Lipinski definition) is 1. The molecule has 24 heavy (non-hydrogen) atoms. The van der Waals surface area contributed by atoms with E-state index in [9.17, 15) is 18.3 Å². The predicted molar refractivity (Wildman–Crippen MR) is 93.1 cm³/mol. The lowest BCUT2D eigenvalue weighted by atomic mass is 9.90. The molecule has 0 saturated carbocycles. The van der Waals surface area contributed by atoms with Gasteiger partial charge in [0.1, 0.15) is 10.8 Å². The van der Waals surface area contributed by atoms with Crippen LogP contribution in [0.2, 0.25) is 0 Å². The van der Waals surface area contributed by atoms with Gasteiger partial charge in [-0.05, 0) is 18.1 Å². The fraction of sp³-hybridized carbons (Fsp3) is 0.375. The molecule has 128 valence electrons. The summed E-state index contributed by atoms with van der Waals surface area (Å²) in [4.78, 5) is 17.9. The van der Waals surface area contributed by atoms with Crippen LogP contribution in [0.25, 0.3) is 0 Å². The summed E-state index contributed by atoms with van der Waals surface area (Å²) in [5, 5.41) is 11.8. The van der Waals surface area contributed by atoms with Crippen LogP contribution in [-0.4, -0.2) is 37.3 Å². The molecule has 1 aromatic heterocycles. The molecule has 2 heterocycles. The maximum absolute atomic E-state index is 11.4. The van der Waals surface area contributed by atoms with E-state index in [1.165, 1.54) is 17.6 Å². The third-order valence-electron chi connectivity index (χ3n) is 3.98. The van der Waals surface area contributed by atoms with Crippen LogP contribution in [0.1, 0.15) is 28.6 Å². The zero-order chi connectivity index (χ0) is 17.3. The first-order valence-electron chi connectivity index (χ1n) is 7.51. The summed E-state index contributed by atoms with van der Waals surface area (Å²) >= 11 is 1.34. The first kappa shape index (κ1) is 16.9. The number of rotatable bonds is 5. The third kappa shape index (κ3) is 3.76. The second-order valence-electron chi connectivity index (χ2n) is 5.96. The summed E-state index contributed by atoms with van der Waals surface area (Å²) in [5.74, 6) is -1.32. The first-order chi connectivity index (χ1) is 11.3. The van der Waals surface area contributed by atoms with Gasteiger partial charge in [-0.25, -0.2) is 13.4 Å². The van der Waals surface area contributed by atoms with Crippen molar-refractivity contribution in [2.24, 2.45) is 0 Å². The number of carboxylic acids is 1. The predicted octanol–water partition coefficient (Wildman–Crippen LogP) is 2.27. The van der Waals surface area contributed by atoms with Crippen molar-refractivity contribution in [1.29, 1.82) is 0 Å². The average molecular weight is 366 g/mol. The summed E-state index contributed by atoms with van der Waals surface area (Å²) in [7, 11) is -3.09. The molecule has 1 aromatic carbocycles. The zero-order valence-corrected chi connectivity index (χ0v) is 14.8. The molecule has 6 nitrogen and oxygen atoms in total. The Morgan fingerprint density at radius 1 is 1.42 bits per heavy atom. The maximum atomic E-state index is 11.4. The number of thiazole rings is 1. The number of hydrogen-bond acceptors (Lipinski definition) is 6. The number of aromatic nitrogens is 1. The fourth-order valence-corrected chi connectivity index (χ4v) is 4.96. The van der Waals surface area contributed by atoms with E-state index in [1.54, 1.807) is 0 Å². The molecular formula is C16H18N2O4S2. The van der Waals surface area contributed by atoms with Gasteiger partial charge in [0.15, 0.2) is 9.84 Å². The van der Waals surface area contributed by atoms with Crippen LogP contribution in [0.4, 0.5) is 5.69 Å². The number of para-hydroxylation sites is 1. The van der Waals surface area contributed by atoms with E-state index in [-0.39, 0.29) is 5.75 Å². The van der Waals surface area contributed by atoms with Gasteiger partial charge in [-0.15, -0.1) is 11.3 Å². The van der Waals surface area contributed by atoms with Crippen LogP contribution in [0.5, 0.6) is 0 Å². The Balaban J connectivity index is 1.81. The molecule has 0 amide bonds.